The first-order valence-electron chi connectivity index (χ1n) is 8.26. The van der Waals surface area contributed by atoms with Gasteiger partial charge in [0.15, 0.2) is 0 Å². The number of rotatable bonds is 0. The Morgan fingerprint density at radius 1 is 1.32 bits per heavy atom. The Hall–Kier alpha value is -1.50. The second-order valence-electron chi connectivity index (χ2n) is 7.40. The van der Waals surface area contributed by atoms with Crippen LogP contribution < -0.4 is 0 Å². The number of nitrogens with zero attached hydrogens (tertiary/aromatic N) is 1. The van der Waals surface area contributed by atoms with Crippen molar-refractivity contribution >= 4 is 0 Å². The quantitative estimate of drug-likeness (QED) is 0.724. The van der Waals surface area contributed by atoms with E-state index < -0.39 is 5.60 Å². The van der Waals surface area contributed by atoms with Crippen LogP contribution in [0.3, 0.4) is 0 Å². The molecule has 1 saturated carbocycles. The molecule has 3 nitrogen and oxygen atoms in total. The van der Waals surface area contributed by atoms with Crippen LogP contribution in [0.25, 0.3) is 0 Å². The number of aromatic hydroxyl groups is 1. The summed E-state index contributed by atoms with van der Waals surface area (Å²) < 4.78 is 0. The van der Waals surface area contributed by atoms with Gasteiger partial charge in [-0.05, 0) is 55.4 Å². The SMILES string of the molecule is C#C[C@]1(O)CC[C@H]2N3CCc4cc(O)ccc4[C@H]3CC[C@@]21C. The van der Waals surface area contributed by atoms with Gasteiger partial charge in [-0.2, -0.15) is 0 Å². The highest BCUT2D eigenvalue weighted by atomic mass is 16.3. The van der Waals surface area contributed by atoms with Gasteiger partial charge in [-0.1, -0.05) is 18.9 Å². The summed E-state index contributed by atoms with van der Waals surface area (Å²) in [6, 6.07) is 6.54. The van der Waals surface area contributed by atoms with Gasteiger partial charge in [0.25, 0.3) is 0 Å². The fourth-order valence-electron chi connectivity index (χ4n) is 5.22. The molecular formula is C19H23NO2. The summed E-state index contributed by atoms with van der Waals surface area (Å²) >= 11 is 0. The average Bonchev–Trinajstić information content (AvgIpc) is 2.79. The fraction of sp³-hybridized carbons (Fsp3) is 0.579. The summed E-state index contributed by atoms with van der Waals surface area (Å²) in [6.45, 7) is 3.16. The Labute approximate surface area is 132 Å². The van der Waals surface area contributed by atoms with Crippen LogP contribution >= 0.6 is 0 Å². The van der Waals surface area contributed by atoms with Crippen molar-refractivity contribution < 1.29 is 10.2 Å². The summed E-state index contributed by atoms with van der Waals surface area (Å²) in [5.74, 6) is 3.05. The van der Waals surface area contributed by atoms with Gasteiger partial charge in [0.1, 0.15) is 11.4 Å². The van der Waals surface area contributed by atoms with Crippen LogP contribution in [0.1, 0.15) is 49.8 Å². The standard InChI is InChI=1S/C19H23NO2/c1-3-19(22)10-7-17-18(19,2)9-6-16-15-5-4-14(21)12-13(15)8-11-20(16)17/h1,4-5,12,16-17,21-22H,6-11H2,2H3/t16-,17-,18+,19+/m1/s1. The zero-order valence-electron chi connectivity index (χ0n) is 13.0. The molecule has 116 valence electrons. The van der Waals surface area contributed by atoms with Gasteiger partial charge < -0.3 is 10.2 Å². The van der Waals surface area contributed by atoms with E-state index in [2.05, 4.69) is 23.8 Å². The van der Waals surface area contributed by atoms with E-state index in [1.54, 1.807) is 6.07 Å². The maximum Gasteiger partial charge on any atom is 0.132 e. The number of piperidine rings is 1. The first kappa shape index (κ1) is 14.1. The molecule has 3 aliphatic rings. The second-order valence-corrected chi connectivity index (χ2v) is 7.40. The molecule has 0 amide bonds. The highest BCUT2D eigenvalue weighted by molar-refractivity contribution is 5.40. The molecule has 0 bridgehead atoms. The number of aliphatic hydroxyl groups is 1. The summed E-state index contributed by atoms with van der Waals surface area (Å²) in [5, 5.41) is 20.6. The van der Waals surface area contributed by atoms with Crippen LogP contribution in [0, 0.1) is 17.8 Å². The molecule has 4 atom stereocenters. The third-order valence-electron chi connectivity index (χ3n) is 6.56. The van der Waals surface area contributed by atoms with Crippen LogP contribution in [0.15, 0.2) is 18.2 Å². The largest absolute Gasteiger partial charge is 0.508 e. The van der Waals surface area contributed by atoms with Crippen molar-refractivity contribution in [2.45, 2.75) is 56.7 Å². The topological polar surface area (TPSA) is 43.7 Å². The van der Waals surface area contributed by atoms with E-state index in [4.69, 9.17) is 6.42 Å². The molecule has 1 saturated heterocycles. The summed E-state index contributed by atoms with van der Waals surface area (Å²) in [4.78, 5) is 2.57. The Morgan fingerprint density at radius 2 is 2.14 bits per heavy atom. The van der Waals surface area contributed by atoms with E-state index in [1.807, 2.05) is 6.07 Å². The van der Waals surface area contributed by atoms with Crippen molar-refractivity contribution in [1.29, 1.82) is 0 Å². The van der Waals surface area contributed by atoms with Crippen LogP contribution in [-0.2, 0) is 6.42 Å². The number of benzene rings is 1. The second kappa shape index (κ2) is 4.50. The molecule has 0 spiro atoms. The van der Waals surface area contributed by atoms with E-state index in [9.17, 15) is 10.2 Å². The maximum absolute atomic E-state index is 10.9. The van der Waals surface area contributed by atoms with Crippen LogP contribution in [-0.4, -0.2) is 33.3 Å². The van der Waals surface area contributed by atoms with Crippen molar-refractivity contribution in [3.8, 4) is 18.1 Å². The van der Waals surface area contributed by atoms with Crippen LogP contribution in [0.2, 0.25) is 0 Å². The van der Waals surface area contributed by atoms with Gasteiger partial charge in [-0.3, -0.25) is 4.90 Å². The van der Waals surface area contributed by atoms with E-state index in [1.165, 1.54) is 11.1 Å². The van der Waals surface area contributed by atoms with Gasteiger partial charge in [0.05, 0.1) is 0 Å². The Kier molecular flexibility index (Phi) is 2.89. The molecule has 1 aliphatic carbocycles. The monoisotopic (exact) mass is 297 g/mol. The molecule has 0 aromatic heterocycles. The maximum atomic E-state index is 10.9. The smallest absolute Gasteiger partial charge is 0.132 e. The Bertz CT molecular complexity index is 664. The number of terminal acetylenes is 1. The molecule has 1 aromatic rings. The van der Waals surface area contributed by atoms with Crippen molar-refractivity contribution in [2.75, 3.05) is 6.54 Å². The van der Waals surface area contributed by atoms with Gasteiger partial charge in [-0.15, -0.1) is 6.42 Å². The molecule has 4 rings (SSSR count). The Morgan fingerprint density at radius 3 is 2.91 bits per heavy atom. The Balaban J connectivity index is 1.72. The molecule has 3 heteroatoms. The molecule has 2 N–H and O–H groups in total. The van der Waals surface area contributed by atoms with Crippen LogP contribution in [0.4, 0.5) is 0 Å². The number of fused-ring (bicyclic) bond motifs is 5. The predicted octanol–water partition coefficient (Wildman–Crippen LogP) is 2.62. The molecule has 2 fully saturated rings. The van der Waals surface area contributed by atoms with Crippen molar-refractivity contribution in [2.24, 2.45) is 5.41 Å². The lowest BCUT2D eigenvalue weighted by Gasteiger charge is -2.54. The fourth-order valence-corrected chi connectivity index (χ4v) is 5.22. The van der Waals surface area contributed by atoms with Gasteiger partial charge >= 0.3 is 0 Å². The third-order valence-corrected chi connectivity index (χ3v) is 6.56. The third kappa shape index (κ3) is 1.66. The van der Waals surface area contributed by atoms with Crippen molar-refractivity contribution in [3.63, 3.8) is 0 Å². The molecule has 1 aromatic carbocycles. The minimum atomic E-state index is -0.960. The molecule has 0 radical (unpaired) electrons. The molecule has 0 unspecified atom stereocenters. The first-order chi connectivity index (χ1) is 10.5. The zero-order valence-corrected chi connectivity index (χ0v) is 13.0. The van der Waals surface area contributed by atoms with E-state index in [0.717, 1.165) is 32.2 Å². The lowest BCUT2D eigenvalue weighted by molar-refractivity contribution is -0.0839. The number of phenols is 1. The lowest BCUT2D eigenvalue weighted by atomic mass is 9.66. The lowest BCUT2D eigenvalue weighted by Crippen LogP contribution is -2.57. The number of hydrogen-bond acceptors (Lipinski definition) is 3. The molecule has 2 aliphatic heterocycles. The molecule has 22 heavy (non-hydrogen) atoms. The highest BCUT2D eigenvalue weighted by Crippen LogP contribution is 2.57. The van der Waals surface area contributed by atoms with E-state index in [-0.39, 0.29) is 5.41 Å². The summed E-state index contributed by atoms with van der Waals surface area (Å²) in [5.41, 5.74) is 1.46. The summed E-state index contributed by atoms with van der Waals surface area (Å²) in [6.07, 6.45) is 10.3. The summed E-state index contributed by atoms with van der Waals surface area (Å²) in [7, 11) is 0. The van der Waals surface area contributed by atoms with Gasteiger partial charge in [0, 0.05) is 24.0 Å². The minimum absolute atomic E-state index is 0.202. The van der Waals surface area contributed by atoms with E-state index >= 15 is 0 Å². The molecule has 2 heterocycles. The minimum Gasteiger partial charge on any atom is -0.508 e. The normalized spacial score (nSPS) is 40.4. The molecular weight excluding hydrogens is 274 g/mol. The zero-order chi connectivity index (χ0) is 15.5. The highest BCUT2D eigenvalue weighted by Gasteiger charge is 2.60. The van der Waals surface area contributed by atoms with Crippen molar-refractivity contribution in [3.05, 3.63) is 29.3 Å². The first-order valence-corrected chi connectivity index (χ1v) is 8.26. The average molecular weight is 297 g/mol. The van der Waals surface area contributed by atoms with Crippen molar-refractivity contribution in [1.82, 2.24) is 4.90 Å². The van der Waals surface area contributed by atoms with E-state index in [0.29, 0.717) is 24.3 Å². The van der Waals surface area contributed by atoms with Crippen LogP contribution in [0.5, 0.6) is 5.75 Å². The predicted molar refractivity (Wildman–Crippen MR) is 85.4 cm³/mol. The number of hydrogen-bond donors (Lipinski definition) is 2. The number of phenolic OH excluding ortho intramolecular Hbond substituents is 1. The van der Waals surface area contributed by atoms with Gasteiger partial charge in [-0.25, -0.2) is 0 Å². The van der Waals surface area contributed by atoms with Gasteiger partial charge in [0.2, 0.25) is 0 Å².